The first-order chi connectivity index (χ1) is 9.15. The van der Waals surface area contributed by atoms with Crippen LogP contribution in [0.4, 0.5) is 5.69 Å². The number of benzene rings is 1. The highest BCUT2D eigenvalue weighted by molar-refractivity contribution is 5.99. The molecule has 1 unspecified atom stereocenters. The number of piperidine rings is 3. The Balaban J connectivity index is 1.73. The molecule has 3 N–H and O–H groups in total. The van der Waals surface area contributed by atoms with Gasteiger partial charge in [0.1, 0.15) is 0 Å². The van der Waals surface area contributed by atoms with Crippen molar-refractivity contribution in [3.05, 3.63) is 29.3 Å². The number of carbonyl (C=O) groups excluding carboxylic acids is 1. The summed E-state index contributed by atoms with van der Waals surface area (Å²) in [6.07, 6.45) is 2.41. The summed E-state index contributed by atoms with van der Waals surface area (Å²) in [5.74, 6) is 0.611. The van der Waals surface area contributed by atoms with Gasteiger partial charge < -0.3 is 16.0 Å². The van der Waals surface area contributed by atoms with Crippen LogP contribution in [0.5, 0.6) is 0 Å². The number of anilines is 1. The molecule has 1 amide bonds. The van der Waals surface area contributed by atoms with Crippen molar-refractivity contribution < 1.29 is 4.79 Å². The highest BCUT2D eigenvalue weighted by Gasteiger charge is 2.35. The highest BCUT2D eigenvalue weighted by Crippen LogP contribution is 2.28. The first-order valence-electron chi connectivity index (χ1n) is 7.03. The third-order valence-electron chi connectivity index (χ3n) is 4.54. The Hall–Kier alpha value is -1.55. The van der Waals surface area contributed by atoms with Gasteiger partial charge in [-0.05, 0) is 50.4 Å². The molecule has 0 aromatic heterocycles. The number of hydrogen-bond acceptors (Lipinski definition) is 3. The lowest BCUT2D eigenvalue weighted by Crippen LogP contribution is -2.57. The summed E-state index contributed by atoms with van der Waals surface area (Å²) in [6, 6.07) is 5.91. The minimum Gasteiger partial charge on any atom is -0.398 e. The van der Waals surface area contributed by atoms with E-state index in [9.17, 15) is 4.79 Å². The Bertz CT molecular complexity index is 492. The monoisotopic (exact) mass is 259 g/mol. The van der Waals surface area contributed by atoms with E-state index in [0.717, 1.165) is 12.1 Å². The first kappa shape index (κ1) is 12.5. The average molecular weight is 259 g/mol. The van der Waals surface area contributed by atoms with E-state index in [0.29, 0.717) is 17.2 Å². The number of nitrogens with zero attached hydrogens (tertiary/aromatic N) is 1. The van der Waals surface area contributed by atoms with Crippen molar-refractivity contribution in [3.63, 3.8) is 0 Å². The molecule has 3 heterocycles. The van der Waals surface area contributed by atoms with E-state index in [1.807, 2.05) is 19.1 Å². The van der Waals surface area contributed by atoms with Crippen LogP contribution in [0, 0.1) is 12.8 Å². The number of nitrogens with one attached hydrogen (secondary N) is 1. The zero-order valence-corrected chi connectivity index (χ0v) is 11.4. The lowest BCUT2D eigenvalue weighted by atomic mass is 9.84. The summed E-state index contributed by atoms with van der Waals surface area (Å²) in [4.78, 5) is 14.8. The van der Waals surface area contributed by atoms with E-state index < -0.39 is 0 Å². The summed E-state index contributed by atoms with van der Waals surface area (Å²) >= 11 is 0. The van der Waals surface area contributed by atoms with Gasteiger partial charge in [0.15, 0.2) is 0 Å². The lowest BCUT2D eigenvalue weighted by molar-refractivity contribution is 0.0621. The van der Waals surface area contributed by atoms with Crippen molar-refractivity contribution >= 4 is 11.6 Å². The molecule has 0 spiro atoms. The number of rotatable bonds is 2. The van der Waals surface area contributed by atoms with Crippen molar-refractivity contribution in [1.29, 1.82) is 0 Å². The Kier molecular flexibility index (Phi) is 3.19. The van der Waals surface area contributed by atoms with Gasteiger partial charge in [-0.2, -0.15) is 0 Å². The van der Waals surface area contributed by atoms with Crippen LogP contribution in [-0.2, 0) is 0 Å². The van der Waals surface area contributed by atoms with Gasteiger partial charge in [-0.25, -0.2) is 0 Å². The summed E-state index contributed by atoms with van der Waals surface area (Å²) in [7, 11) is 0. The zero-order valence-electron chi connectivity index (χ0n) is 11.4. The minimum atomic E-state index is -0.0278. The molecule has 3 fully saturated rings. The quantitative estimate of drug-likeness (QED) is 0.789. The van der Waals surface area contributed by atoms with Gasteiger partial charge in [-0.15, -0.1) is 0 Å². The molecule has 4 rings (SSSR count). The second-order valence-corrected chi connectivity index (χ2v) is 5.75. The van der Waals surface area contributed by atoms with E-state index in [1.54, 1.807) is 6.07 Å². The summed E-state index contributed by atoms with van der Waals surface area (Å²) in [5.41, 5.74) is 8.16. The fraction of sp³-hybridized carbons (Fsp3) is 0.533. The first-order valence-corrected chi connectivity index (χ1v) is 7.03. The molecule has 0 radical (unpaired) electrons. The lowest BCUT2D eigenvalue weighted by Gasteiger charge is -2.44. The molecule has 4 heteroatoms. The molecular weight excluding hydrogens is 238 g/mol. The number of para-hydroxylation sites is 1. The number of nitrogens with two attached hydrogens (primary N) is 1. The van der Waals surface area contributed by atoms with Crippen LogP contribution in [-0.4, -0.2) is 36.5 Å². The molecule has 4 nitrogen and oxygen atoms in total. The minimum absolute atomic E-state index is 0.0278. The standard InChI is InChI=1S/C15H21N3O/c1-10-3-2-4-12(14(10)16)15(19)17-13-9-18-7-5-11(13)6-8-18/h2-4,11,13H,5-9,16H2,1H3,(H,17,19). The zero-order chi connectivity index (χ0) is 13.4. The van der Waals surface area contributed by atoms with Crippen LogP contribution in [0.1, 0.15) is 28.8 Å². The molecule has 1 aromatic carbocycles. The maximum Gasteiger partial charge on any atom is 0.253 e. The summed E-state index contributed by atoms with van der Waals surface area (Å²) in [6.45, 7) is 5.29. The molecule has 2 bridgehead atoms. The summed E-state index contributed by atoms with van der Waals surface area (Å²) in [5, 5.41) is 3.17. The van der Waals surface area contributed by atoms with Crippen LogP contribution in [0.25, 0.3) is 0 Å². The van der Waals surface area contributed by atoms with Gasteiger partial charge in [0.25, 0.3) is 5.91 Å². The average Bonchev–Trinajstić information content (AvgIpc) is 2.43. The highest BCUT2D eigenvalue weighted by atomic mass is 16.1. The van der Waals surface area contributed by atoms with E-state index >= 15 is 0 Å². The van der Waals surface area contributed by atoms with Crippen molar-refractivity contribution in [1.82, 2.24) is 10.2 Å². The second kappa shape index (κ2) is 4.85. The maximum atomic E-state index is 12.4. The Labute approximate surface area is 114 Å². The van der Waals surface area contributed by atoms with Crippen LogP contribution >= 0.6 is 0 Å². The van der Waals surface area contributed by atoms with Gasteiger partial charge in [0.05, 0.1) is 5.56 Å². The van der Waals surface area contributed by atoms with Crippen LogP contribution in [0.15, 0.2) is 18.2 Å². The Morgan fingerprint density at radius 2 is 2.11 bits per heavy atom. The van der Waals surface area contributed by atoms with Crippen molar-refractivity contribution in [3.8, 4) is 0 Å². The molecule has 19 heavy (non-hydrogen) atoms. The van der Waals surface area contributed by atoms with E-state index in [2.05, 4.69) is 10.2 Å². The molecule has 1 aromatic rings. The van der Waals surface area contributed by atoms with Gasteiger partial charge in [-0.3, -0.25) is 4.79 Å². The largest absolute Gasteiger partial charge is 0.398 e. The van der Waals surface area contributed by atoms with Crippen LogP contribution in [0.3, 0.4) is 0 Å². The Morgan fingerprint density at radius 3 is 2.74 bits per heavy atom. The normalized spacial score (nSPS) is 29.2. The van der Waals surface area contributed by atoms with Crippen molar-refractivity contribution in [2.45, 2.75) is 25.8 Å². The van der Waals surface area contributed by atoms with Crippen LogP contribution in [0.2, 0.25) is 0 Å². The molecule has 3 aliphatic rings. The number of amides is 1. The molecule has 102 valence electrons. The molecule has 1 atom stereocenters. The molecule has 0 aliphatic carbocycles. The molecule has 3 aliphatic heterocycles. The van der Waals surface area contributed by atoms with E-state index in [1.165, 1.54) is 25.9 Å². The fourth-order valence-corrected chi connectivity index (χ4v) is 3.25. The van der Waals surface area contributed by atoms with Gasteiger partial charge in [0, 0.05) is 18.3 Å². The van der Waals surface area contributed by atoms with Crippen LogP contribution < -0.4 is 11.1 Å². The number of nitrogen functional groups attached to an aromatic ring is 1. The maximum absolute atomic E-state index is 12.4. The molecule has 0 saturated carbocycles. The fourth-order valence-electron chi connectivity index (χ4n) is 3.25. The number of hydrogen-bond donors (Lipinski definition) is 2. The molecule has 3 saturated heterocycles. The smallest absolute Gasteiger partial charge is 0.253 e. The number of aryl methyl sites for hydroxylation is 1. The third-order valence-corrected chi connectivity index (χ3v) is 4.54. The van der Waals surface area contributed by atoms with Gasteiger partial charge in [-0.1, -0.05) is 12.1 Å². The van der Waals surface area contributed by atoms with E-state index in [-0.39, 0.29) is 11.9 Å². The van der Waals surface area contributed by atoms with Gasteiger partial charge in [0.2, 0.25) is 0 Å². The van der Waals surface area contributed by atoms with E-state index in [4.69, 9.17) is 5.73 Å². The predicted octanol–water partition coefficient (Wildman–Crippen LogP) is 1.40. The predicted molar refractivity (Wildman–Crippen MR) is 76.0 cm³/mol. The second-order valence-electron chi connectivity index (χ2n) is 5.75. The SMILES string of the molecule is Cc1cccc(C(=O)NC2CN3CCC2CC3)c1N. The Morgan fingerprint density at radius 1 is 1.37 bits per heavy atom. The molecular formula is C15H21N3O. The topological polar surface area (TPSA) is 58.4 Å². The van der Waals surface area contributed by atoms with Crippen molar-refractivity contribution in [2.75, 3.05) is 25.4 Å². The third kappa shape index (κ3) is 2.32. The number of carbonyl (C=O) groups is 1. The summed E-state index contributed by atoms with van der Waals surface area (Å²) < 4.78 is 0. The number of fused-ring (bicyclic) bond motifs is 3. The van der Waals surface area contributed by atoms with Crippen molar-refractivity contribution in [2.24, 2.45) is 5.92 Å². The van der Waals surface area contributed by atoms with Gasteiger partial charge >= 0.3 is 0 Å².